The summed E-state index contributed by atoms with van der Waals surface area (Å²) in [7, 11) is 0. The van der Waals surface area contributed by atoms with E-state index in [9.17, 15) is 4.79 Å². The smallest absolute Gasteiger partial charge is 0.234 e. The van der Waals surface area contributed by atoms with Gasteiger partial charge in [-0.15, -0.1) is 11.3 Å². The van der Waals surface area contributed by atoms with Crippen molar-refractivity contribution in [3.8, 4) is 0 Å². The molecule has 26 heavy (non-hydrogen) atoms. The largest absolute Gasteiger partial charge is 0.325 e. The van der Waals surface area contributed by atoms with Gasteiger partial charge in [0.1, 0.15) is 10.8 Å². The van der Waals surface area contributed by atoms with Crippen LogP contribution in [0.2, 0.25) is 0 Å². The normalized spacial score (nSPS) is 18.0. The minimum atomic E-state index is -0.269. The Bertz CT molecular complexity index is 865. The number of thiophene rings is 1. The first-order chi connectivity index (χ1) is 12.6. The highest BCUT2D eigenvalue weighted by Gasteiger charge is 2.39. The fourth-order valence-electron chi connectivity index (χ4n) is 3.42. The molecule has 2 aromatic rings. The number of nitrogens with one attached hydrogen (secondary N) is 1. The van der Waals surface area contributed by atoms with E-state index >= 15 is 0 Å². The van der Waals surface area contributed by atoms with Gasteiger partial charge in [0.05, 0.1) is 10.6 Å². The van der Waals surface area contributed by atoms with Crippen LogP contribution in [0, 0.1) is 6.92 Å². The molecule has 0 radical (unpaired) electrons. The molecule has 134 valence electrons. The second-order valence-electron chi connectivity index (χ2n) is 6.75. The lowest BCUT2D eigenvalue weighted by atomic mass is 10.1. The van der Waals surface area contributed by atoms with Gasteiger partial charge in [-0.1, -0.05) is 30.0 Å². The summed E-state index contributed by atoms with van der Waals surface area (Å²) in [6, 6.07) is 12.0. The number of nitrogens with zero attached hydrogens (tertiary/aromatic N) is 2. The quantitative estimate of drug-likeness (QED) is 0.816. The predicted octanol–water partition coefficient (Wildman–Crippen LogP) is 4.90. The maximum Gasteiger partial charge on any atom is 0.234 e. The molecule has 0 atom stereocenters. The topological polar surface area (TPSA) is 53.8 Å². The Morgan fingerprint density at radius 3 is 2.81 bits per heavy atom. The van der Waals surface area contributed by atoms with Crippen molar-refractivity contribution in [2.24, 2.45) is 9.98 Å². The van der Waals surface area contributed by atoms with Gasteiger partial charge in [0, 0.05) is 5.69 Å². The average Bonchev–Trinajstić information content (AvgIpc) is 3.35. The van der Waals surface area contributed by atoms with E-state index in [1.165, 1.54) is 24.6 Å². The number of aliphatic imine (C=N–C) groups is 2. The van der Waals surface area contributed by atoms with E-state index in [0.717, 1.165) is 39.7 Å². The number of aryl methyl sites for hydroxylation is 1. The highest BCUT2D eigenvalue weighted by atomic mass is 32.2. The van der Waals surface area contributed by atoms with E-state index in [1.807, 2.05) is 37.3 Å². The van der Waals surface area contributed by atoms with E-state index in [4.69, 9.17) is 9.98 Å². The van der Waals surface area contributed by atoms with E-state index in [-0.39, 0.29) is 11.6 Å². The number of thioether (sulfide) groups is 1. The van der Waals surface area contributed by atoms with Crippen molar-refractivity contribution in [1.29, 1.82) is 0 Å². The number of rotatable bonds is 4. The maximum absolute atomic E-state index is 12.4. The summed E-state index contributed by atoms with van der Waals surface area (Å²) >= 11 is 3.18. The zero-order chi connectivity index (χ0) is 18.0. The summed E-state index contributed by atoms with van der Waals surface area (Å²) in [6.45, 7) is 2.02. The van der Waals surface area contributed by atoms with Crippen LogP contribution in [0.4, 0.5) is 5.69 Å². The van der Waals surface area contributed by atoms with Gasteiger partial charge in [-0.25, -0.2) is 4.99 Å². The van der Waals surface area contributed by atoms with Crippen molar-refractivity contribution in [3.63, 3.8) is 0 Å². The average molecular weight is 384 g/mol. The molecule has 1 aliphatic heterocycles. The molecule has 0 unspecified atom stereocenters. The van der Waals surface area contributed by atoms with Crippen LogP contribution in [0.15, 0.2) is 51.8 Å². The van der Waals surface area contributed by atoms with E-state index in [1.54, 1.807) is 11.3 Å². The monoisotopic (exact) mass is 383 g/mol. The molecule has 1 aliphatic carbocycles. The molecule has 1 spiro atoms. The van der Waals surface area contributed by atoms with Crippen molar-refractivity contribution in [2.45, 2.75) is 38.3 Å². The van der Waals surface area contributed by atoms with E-state index in [2.05, 4.69) is 16.8 Å². The Morgan fingerprint density at radius 2 is 2.08 bits per heavy atom. The SMILES string of the molecule is Cc1cccc(NC(=O)CSC2=NC3(CCCC3)N=C2c2cccs2)c1. The molecule has 4 rings (SSSR count). The van der Waals surface area contributed by atoms with Gasteiger partial charge in [0.25, 0.3) is 0 Å². The van der Waals surface area contributed by atoms with Crippen molar-refractivity contribution < 1.29 is 4.79 Å². The van der Waals surface area contributed by atoms with Crippen LogP contribution in [0.1, 0.15) is 36.1 Å². The number of carbonyl (C=O) groups excluding carboxylic acids is 1. The first-order valence-electron chi connectivity index (χ1n) is 8.87. The van der Waals surface area contributed by atoms with Crippen LogP contribution in [0.3, 0.4) is 0 Å². The molecule has 6 heteroatoms. The lowest BCUT2D eigenvalue weighted by molar-refractivity contribution is -0.113. The third kappa shape index (κ3) is 3.76. The predicted molar refractivity (Wildman–Crippen MR) is 112 cm³/mol. The molecule has 2 aliphatic rings. The fourth-order valence-corrected chi connectivity index (χ4v) is 5.06. The Hall–Kier alpha value is -1.92. The second kappa shape index (κ2) is 7.37. The third-order valence-electron chi connectivity index (χ3n) is 4.63. The highest BCUT2D eigenvalue weighted by molar-refractivity contribution is 8.16. The molecular formula is C20H21N3OS2. The first kappa shape index (κ1) is 17.5. The zero-order valence-corrected chi connectivity index (χ0v) is 16.3. The number of anilines is 1. The fraction of sp³-hybridized carbons (Fsp3) is 0.350. The summed E-state index contributed by atoms with van der Waals surface area (Å²) in [6.07, 6.45) is 4.38. The molecule has 1 aromatic heterocycles. The Labute approximate surface area is 161 Å². The van der Waals surface area contributed by atoms with Gasteiger partial charge < -0.3 is 5.32 Å². The minimum absolute atomic E-state index is 0.0128. The standard InChI is InChI=1S/C20H21N3OS2/c1-14-6-4-7-15(12-14)21-17(24)13-26-19-18(16-8-5-11-25-16)22-20(23-19)9-2-3-10-20/h4-8,11-12H,2-3,9-10,13H2,1H3,(H,21,24). The van der Waals surface area contributed by atoms with Crippen LogP contribution in [0.25, 0.3) is 0 Å². The van der Waals surface area contributed by atoms with Crippen molar-refractivity contribution in [3.05, 3.63) is 52.2 Å². The Balaban J connectivity index is 1.46. The highest BCUT2D eigenvalue weighted by Crippen LogP contribution is 2.40. The first-order valence-corrected chi connectivity index (χ1v) is 10.7. The van der Waals surface area contributed by atoms with Crippen LogP contribution in [-0.2, 0) is 4.79 Å². The van der Waals surface area contributed by atoms with Crippen LogP contribution in [-0.4, -0.2) is 28.1 Å². The third-order valence-corrected chi connectivity index (χ3v) is 6.47. The lowest BCUT2D eigenvalue weighted by Crippen LogP contribution is -2.17. The van der Waals surface area contributed by atoms with Crippen LogP contribution < -0.4 is 5.32 Å². The van der Waals surface area contributed by atoms with Gasteiger partial charge in [-0.2, -0.15) is 0 Å². The number of hydrogen-bond donors (Lipinski definition) is 1. The zero-order valence-electron chi connectivity index (χ0n) is 14.7. The lowest BCUT2D eigenvalue weighted by Gasteiger charge is -2.14. The number of carbonyl (C=O) groups is 1. The van der Waals surface area contributed by atoms with Crippen molar-refractivity contribution >= 4 is 45.4 Å². The molecule has 1 N–H and O–H groups in total. The van der Waals surface area contributed by atoms with E-state index < -0.39 is 0 Å². The van der Waals surface area contributed by atoms with Gasteiger partial charge in [0.15, 0.2) is 5.66 Å². The summed E-state index contributed by atoms with van der Waals surface area (Å²) in [4.78, 5) is 23.4. The summed E-state index contributed by atoms with van der Waals surface area (Å²) in [5, 5.41) is 5.94. The van der Waals surface area contributed by atoms with Crippen LogP contribution in [0.5, 0.6) is 0 Å². The number of amides is 1. The molecule has 1 saturated carbocycles. The van der Waals surface area contributed by atoms with Crippen molar-refractivity contribution in [2.75, 3.05) is 11.1 Å². The Kier molecular flexibility index (Phi) is 4.96. The molecule has 2 heterocycles. The number of hydrogen-bond acceptors (Lipinski definition) is 5. The van der Waals surface area contributed by atoms with E-state index in [0.29, 0.717) is 5.75 Å². The summed E-state index contributed by atoms with van der Waals surface area (Å²) in [5.41, 5.74) is 2.67. The molecule has 4 nitrogen and oxygen atoms in total. The molecular weight excluding hydrogens is 362 g/mol. The van der Waals surface area contributed by atoms with Gasteiger partial charge in [0.2, 0.25) is 5.91 Å². The van der Waals surface area contributed by atoms with Gasteiger partial charge in [-0.05, 0) is 61.7 Å². The Morgan fingerprint density at radius 1 is 1.23 bits per heavy atom. The molecule has 1 fully saturated rings. The van der Waals surface area contributed by atoms with Gasteiger partial charge >= 0.3 is 0 Å². The second-order valence-corrected chi connectivity index (χ2v) is 8.66. The van der Waals surface area contributed by atoms with Gasteiger partial charge in [-0.3, -0.25) is 9.79 Å². The summed E-state index contributed by atoms with van der Waals surface area (Å²) < 4.78 is 0. The maximum atomic E-state index is 12.4. The minimum Gasteiger partial charge on any atom is -0.325 e. The number of benzene rings is 1. The van der Waals surface area contributed by atoms with Crippen LogP contribution >= 0.6 is 23.1 Å². The summed E-state index contributed by atoms with van der Waals surface area (Å²) in [5.74, 6) is 0.328. The molecule has 1 aromatic carbocycles. The molecule has 0 saturated heterocycles. The molecule has 0 bridgehead atoms. The molecule has 1 amide bonds. The van der Waals surface area contributed by atoms with Crippen molar-refractivity contribution in [1.82, 2.24) is 0 Å².